The molecule has 0 saturated carbocycles. The van der Waals surface area contributed by atoms with Crippen LogP contribution in [0.25, 0.3) is 0 Å². The monoisotopic (exact) mass is 271 g/mol. The molecule has 1 unspecified atom stereocenters. The summed E-state index contributed by atoms with van der Waals surface area (Å²) >= 11 is 0. The standard InChI is InChI=1S/C15H33N3O/c1-11(2)9-14(10-16)15(19)17-7-8-18(12(3)4)13(5)6/h11-14H,7-10,16H2,1-6H3,(H,17,19). The quantitative estimate of drug-likeness (QED) is 0.673. The van der Waals surface area contributed by atoms with Crippen LogP contribution in [0.1, 0.15) is 48.0 Å². The van der Waals surface area contributed by atoms with Gasteiger partial charge in [-0.1, -0.05) is 13.8 Å². The third kappa shape index (κ3) is 7.53. The predicted molar refractivity (Wildman–Crippen MR) is 82.0 cm³/mol. The first-order chi connectivity index (χ1) is 8.79. The smallest absolute Gasteiger partial charge is 0.224 e. The van der Waals surface area contributed by atoms with Gasteiger partial charge in [-0.3, -0.25) is 9.69 Å². The molecule has 0 rings (SSSR count). The number of carbonyl (C=O) groups is 1. The molecule has 0 spiro atoms. The lowest BCUT2D eigenvalue weighted by molar-refractivity contribution is -0.125. The Kier molecular flexibility index (Phi) is 9.02. The lowest BCUT2D eigenvalue weighted by atomic mass is 9.96. The molecule has 0 aliphatic carbocycles. The molecule has 0 fully saturated rings. The minimum Gasteiger partial charge on any atom is -0.355 e. The molecule has 0 aromatic rings. The Labute approximate surface area is 119 Å². The molecule has 114 valence electrons. The average Bonchev–Trinajstić information content (AvgIpc) is 2.29. The third-order valence-electron chi connectivity index (χ3n) is 3.41. The topological polar surface area (TPSA) is 58.4 Å². The fourth-order valence-electron chi connectivity index (χ4n) is 2.44. The first-order valence-electron chi connectivity index (χ1n) is 7.53. The Morgan fingerprint density at radius 2 is 1.63 bits per heavy atom. The summed E-state index contributed by atoms with van der Waals surface area (Å²) in [5, 5.41) is 3.02. The second-order valence-corrected chi connectivity index (χ2v) is 6.28. The number of nitrogens with one attached hydrogen (secondary N) is 1. The van der Waals surface area contributed by atoms with Crippen LogP contribution < -0.4 is 11.1 Å². The number of nitrogens with two attached hydrogens (primary N) is 1. The van der Waals surface area contributed by atoms with E-state index < -0.39 is 0 Å². The number of amides is 1. The van der Waals surface area contributed by atoms with Crippen molar-refractivity contribution < 1.29 is 4.79 Å². The molecular weight excluding hydrogens is 238 g/mol. The zero-order chi connectivity index (χ0) is 15.0. The van der Waals surface area contributed by atoms with Gasteiger partial charge in [-0.2, -0.15) is 0 Å². The van der Waals surface area contributed by atoms with Crippen LogP contribution in [0.4, 0.5) is 0 Å². The summed E-state index contributed by atoms with van der Waals surface area (Å²) in [5.74, 6) is 0.553. The van der Waals surface area contributed by atoms with Crippen molar-refractivity contribution in [1.82, 2.24) is 10.2 Å². The van der Waals surface area contributed by atoms with Crippen molar-refractivity contribution in [2.75, 3.05) is 19.6 Å². The molecule has 0 aliphatic rings. The van der Waals surface area contributed by atoms with Gasteiger partial charge in [0.25, 0.3) is 0 Å². The SMILES string of the molecule is CC(C)CC(CN)C(=O)NCCN(C(C)C)C(C)C. The molecule has 19 heavy (non-hydrogen) atoms. The van der Waals surface area contributed by atoms with E-state index >= 15 is 0 Å². The third-order valence-corrected chi connectivity index (χ3v) is 3.41. The number of carbonyl (C=O) groups excluding carboxylic acids is 1. The van der Waals surface area contributed by atoms with Gasteiger partial charge in [-0.15, -0.1) is 0 Å². The van der Waals surface area contributed by atoms with Crippen molar-refractivity contribution in [3.63, 3.8) is 0 Å². The summed E-state index contributed by atoms with van der Waals surface area (Å²) in [7, 11) is 0. The Balaban J connectivity index is 4.14. The number of nitrogens with zero attached hydrogens (tertiary/aromatic N) is 1. The Morgan fingerprint density at radius 3 is 2.00 bits per heavy atom. The summed E-state index contributed by atoms with van der Waals surface area (Å²) in [6.45, 7) is 15.0. The van der Waals surface area contributed by atoms with Crippen LogP contribution in [0.2, 0.25) is 0 Å². The second-order valence-electron chi connectivity index (χ2n) is 6.28. The van der Waals surface area contributed by atoms with E-state index in [9.17, 15) is 4.79 Å². The van der Waals surface area contributed by atoms with E-state index in [4.69, 9.17) is 5.73 Å². The summed E-state index contributed by atoms with van der Waals surface area (Å²) < 4.78 is 0. The van der Waals surface area contributed by atoms with E-state index in [1.165, 1.54) is 0 Å². The maximum Gasteiger partial charge on any atom is 0.224 e. The summed E-state index contributed by atoms with van der Waals surface area (Å²) in [5.41, 5.74) is 5.68. The van der Waals surface area contributed by atoms with Crippen LogP contribution in [0.15, 0.2) is 0 Å². The van der Waals surface area contributed by atoms with E-state index in [0.29, 0.717) is 31.1 Å². The highest BCUT2D eigenvalue weighted by molar-refractivity contribution is 5.78. The number of hydrogen-bond donors (Lipinski definition) is 2. The molecule has 1 atom stereocenters. The molecule has 0 heterocycles. The van der Waals surface area contributed by atoms with E-state index in [-0.39, 0.29) is 11.8 Å². The Hall–Kier alpha value is -0.610. The van der Waals surface area contributed by atoms with E-state index in [1.807, 2.05) is 0 Å². The predicted octanol–water partition coefficient (Wildman–Crippen LogP) is 1.84. The van der Waals surface area contributed by atoms with Gasteiger partial charge >= 0.3 is 0 Å². The van der Waals surface area contributed by atoms with E-state index in [2.05, 4.69) is 51.8 Å². The molecule has 0 radical (unpaired) electrons. The highest BCUT2D eigenvalue weighted by atomic mass is 16.1. The number of rotatable bonds is 9. The largest absolute Gasteiger partial charge is 0.355 e. The fourth-order valence-corrected chi connectivity index (χ4v) is 2.44. The first-order valence-corrected chi connectivity index (χ1v) is 7.53. The summed E-state index contributed by atoms with van der Waals surface area (Å²) in [6, 6.07) is 0.996. The van der Waals surface area contributed by atoms with Crippen molar-refractivity contribution in [2.24, 2.45) is 17.6 Å². The minimum atomic E-state index is -0.0495. The van der Waals surface area contributed by atoms with Crippen LogP contribution in [-0.4, -0.2) is 42.5 Å². The van der Waals surface area contributed by atoms with Crippen LogP contribution in [0, 0.1) is 11.8 Å². The van der Waals surface area contributed by atoms with E-state index in [0.717, 1.165) is 13.0 Å². The van der Waals surface area contributed by atoms with Crippen molar-refractivity contribution in [2.45, 2.75) is 60.0 Å². The number of hydrogen-bond acceptors (Lipinski definition) is 3. The maximum absolute atomic E-state index is 12.0. The fraction of sp³-hybridized carbons (Fsp3) is 0.933. The minimum absolute atomic E-state index is 0.0495. The van der Waals surface area contributed by atoms with Gasteiger partial charge in [0.05, 0.1) is 5.92 Å². The van der Waals surface area contributed by atoms with Crippen LogP contribution >= 0.6 is 0 Å². The molecule has 4 heteroatoms. The average molecular weight is 271 g/mol. The van der Waals surface area contributed by atoms with Gasteiger partial charge in [0.1, 0.15) is 0 Å². The summed E-state index contributed by atoms with van der Waals surface area (Å²) in [6.07, 6.45) is 0.862. The van der Waals surface area contributed by atoms with Crippen LogP contribution in [-0.2, 0) is 4.79 Å². The highest BCUT2D eigenvalue weighted by Gasteiger charge is 2.18. The van der Waals surface area contributed by atoms with Gasteiger partial charge in [0, 0.05) is 31.7 Å². The molecule has 0 aromatic carbocycles. The summed E-state index contributed by atoms with van der Waals surface area (Å²) in [4.78, 5) is 14.4. The molecule has 3 N–H and O–H groups in total. The van der Waals surface area contributed by atoms with Gasteiger partial charge in [-0.25, -0.2) is 0 Å². The zero-order valence-corrected chi connectivity index (χ0v) is 13.6. The lowest BCUT2D eigenvalue weighted by Gasteiger charge is -2.30. The Bertz CT molecular complexity index is 244. The lowest BCUT2D eigenvalue weighted by Crippen LogP contribution is -2.44. The molecule has 4 nitrogen and oxygen atoms in total. The van der Waals surface area contributed by atoms with Crippen LogP contribution in [0.5, 0.6) is 0 Å². The zero-order valence-electron chi connectivity index (χ0n) is 13.6. The molecule has 0 aromatic heterocycles. The molecular formula is C15H33N3O. The molecule has 0 bridgehead atoms. The van der Waals surface area contributed by atoms with Crippen molar-refractivity contribution in [3.05, 3.63) is 0 Å². The van der Waals surface area contributed by atoms with Gasteiger partial charge < -0.3 is 11.1 Å². The van der Waals surface area contributed by atoms with Gasteiger partial charge in [0.15, 0.2) is 0 Å². The second kappa shape index (κ2) is 9.32. The van der Waals surface area contributed by atoms with Crippen molar-refractivity contribution in [1.29, 1.82) is 0 Å². The Morgan fingerprint density at radius 1 is 1.11 bits per heavy atom. The highest BCUT2D eigenvalue weighted by Crippen LogP contribution is 2.10. The van der Waals surface area contributed by atoms with Crippen LogP contribution in [0.3, 0.4) is 0 Å². The molecule has 0 aliphatic heterocycles. The van der Waals surface area contributed by atoms with Crippen molar-refractivity contribution in [3.8, 4) is 0 Å². The first kappa shape index (κ1) is 18.4. The maximum atomic E-state index is 12.0. The van der Waals surface area contributed by atoms with Gasteiger partial charge in [-0.05, 0) is 40.0 Å². The van der Waals surface area contributed by atoms with Gasteiger partial charge in [0.2, 0.25) is 5.91 Å². The normalized spacial score (nSPS) is 13.6. The molecule has 1 amide bonds. The molecule has 0 saturated heterocycles. The van der Waals surface area contributed by atoms with Crippen molar-refractivity contribution >= 4 is 5.91 Å². The van der Waals surface area contributed by atoms with E-state index in [1.54, 1.807) is 0 Å².